The number of nitrogens with two attached hydrogens (primary N) is 1. The van der Waals surface area contributed by atoms with Crippen LogP contribution >= 0.6 is 0 Å². The normalized spacial score (nSPS) is 39.4. The number of fused-ring (bicyclic) bond motifs is 2. The van der Waals surface area contributed by atoms with Gasteiger partial charge >= 0.3 is 0 Å². The lowest BCUT2D eigenvalue weighted by atomic mass is 9.46. The summed E-state index contributed by atoms with van der Waals surface area (Å²) in [5, 5.41) is 7.89. The molecular weight excluding hydrogens is 312 g/mol. The molecule has 23 heavy (non-hydrogen) atoms. The SMILES string of the molecule is C=C1C(NC(=O)C2CCC(S(N)(=O)=O)CC2)C[C@H]2C[C@@H]1C2(C)C. The molecule has 0 spiro atoms. The number of carbonyl (C=O) groups excluding carboxylic acids is 1. The van der Waals surface area contributed by atoms with Crippen molar-refractivity contribution in [3.05, 3.63) is 12.2 Å². The highest BCUT2D eigenvalue weighted by Gasteiger charge is 2.55. The molecule has 1 amide bonds. The molecule has 4 aliphatic carbocycles. The van der Waals surface area contributed by atoms with Crippen LogP contribution in [0.3, 0.4) is 0 Å². The van der Waals surface area contributed by atoms with E-state index in [4.69, 9.17) is 5.14 Å². The molecule has 0 aromatic heterocycles. The van der Waals surface area contributed by atoms with E-state index in [-0.39, 0.29) is 17.9 Å². The Morgan fingerprint density at radius 1 is 1.22 bits per heavy atom. The van der Waals surface area contributed by atoms with Gasteiger partial charge in [0.2, 0.25) is 15.9 Å². The van der Waals surface area contributed by atoms with E-state index in [1.165, 1.54) is 12.0 Å². The van der Waals surface area contributed by atoms with E-state index in [9.17, 15) is 13.2 Å². The topological polar surface area (TPSA) is 89.3 Å². The Labute approximate surface area is 139 Å². The molecule has 0 aliphatic heterocycles. The molecule has 4 saturated carbocycles. The Morgan fingerprint density at radius 3 is 2.30 bits per heavy atom. The van der Waals surface area contributed by atoms with E-state index in [2.05, 4.69) is 25.7 Å². The van der Waals surface area contributed by atoms with Crippen LogP contribution in [0.25, 0.3) is 0 Å². The average molecular weight is 340 g/mol. The summed E-state index contributed by atoms with van der Waals surface area (Å²) in [6.07, 6.45) is 4.37. The van der Waals surface area contributed by atoms with E-state index >= 15 is 0 Å². The first-order chi connectivity index (χ1) is 10.6. The molecule has 4 aliphatic rings. The molecule has 0 aromatic carbocycles. The van der Waals surface area contributed by atoms with Crippen molar-refractivity contribution >= 4 is 15.9 Å². The lowest BCUT2D eigenvalue weighted by molar-refractivity contribution is -0.128. The second kappa shape index (κ2) is 5.59. The summed E-state index contributed by atoms with van der Waals surface area (Å²) in [5.74, 6) is 1.15. The van der Waals surface area contributed by atoms with Crippen LogP contribution in [0.4, 0.5) is 0 Å². The Bertz CT molecular complexity index is 618. The summed E-state index contributed by atoms with van der Waals surface area (Å²) in [5.41, 5.74) is 1.50. The number of sulfonamides is 1. The van der Waals surface area contributed by atoms with Crippen molar-refractivity contribution in [2.75, 3.05) is 0 Å². The van der Waals surface area contributed by atoms with Crippen LogP contribution in [-0.2, 0) is 14.8 Å². The van der Waals surface area contributed by atoms with Gasteiger partial charge in [0.15, 0.2) is 0 Å². The molecule has 0 heterocycles. The second-order valence-electron chi connectivity index (χ2n) is 8.24. The zero-order valence-corrected chi connectivity index (χ0v) is 14.9. The minimum Gasteiger partial charge on any atom is -0.349 e. The third-order valence-electron chi connectivity index (χ3n) is 6.71. The molecule has 4 rings (SSSR count). The molecule has 3 atom stereocenters. The van der Waals surface area contributed by atoms with Gasteiger partial charge in [-0.2, -0.15) is 0 Å². The van der Waals surface area contributed by atoms with E-state index in [0.717, 1.165) is 6.42 Å². The van der Waals surface area contributed by atoms with E-state index in [1.54, 1.807) is 0 Å². The second-order valence-corrected chi connectivity index (χ2v) is 10.1. The number of nitrogens with one attached hydrogen (secondary N) is 1. The van der Waals surface area contributed by atoms with Crippen molar-refractivity contribution in [3.63, 3.8) is 0 Å². The lowest BCUT2D eigenvalue weighted by Crippen LogP contribution is -2.58. The highest BCUT2D eigenvalue weighted by molar-refractivity contribution is 7.89. The van der Waals surface area contributed by atoms with Crippen LogP contribution in [0.5, 0.6) is 0 Å². The first-order valence-corrected chi connectivity index (χ1v) is 10.2. The maximum atomic E-state index is 12.5. The highest BCUT2D eigenvalue weighted by Crippen LogP contribution is 2.60. The molecule has 0 radical (unpaired) electrons. The number of amides is 1. The number of primary sulfonamides is 1. The van der Waals surface area contributed by atoms with E-state index in [0.29, 0.717) is 42.9 Å². The number of carbonyl (C=O) groups is 1. The third-order valence-corrected chi connectivity index (χ3v) is 8.11. The Hall–Kier alpha value is -0.880. The monoisotopic (exact) mass is 340 g/mol. The van der Waals surface area contributed by atoms with E-state index < -0.39 is 15.3 Å². The summed E-state index contributed by atoms with van der Waals surface area (Å²) in [4.78, 5) is 12.5. The molecule has 4 fully saturated rings. The molecule has 5 nitrogen and oxygen atoms in total. The molecule has 3 N–H and O–H groups in total. The number of rotatable bonds is 3. The predicted molar refractivity (Wildman–Crippen MR) is 89.9 cm³/mol. The summed E-state index contributed by atoms with van der Waals surface area (Å²) in [6.45, 7) is 8.83. The van der Waals surface area contributed by atoms with Gasteiger partial charge in [0.1, 0.15) is 0 Å². The van der Waals surface area contributed by atoms with Crippen molar-refractivity contribution in [1.29, 1.82) is 0 Å². The quantitative estimate of drug-likeness (QED) is 0.769. The summed E-state index contributed by atoms with van der Waals surface area (Å²) >= 11 is 0. The van der Waals surface area contributed by atoms with Crippen LogP contribution in [-0.4, -0.2) is 25.6 Å². The van der Waals surface area contributed by atoms with Crippen LogP contribution in [0.2, 0.25) is 0 Å². The Morgan fingerprint density at radius 2 is 1.83 bits per heavy atom. The van der Waals surface area contributed by atoms with Gasteiger partial charge in [-0.25, -0.2) is 13.6 Å². The fourth-order valence-corrected chi connectivity index (χ4v) is 5.75. The lowest BCUT2D eigenvalue weighted by Gasteiger charge is -2.60. The fraction of sp³-hybridized carbons (Fsp3) is 0.824. The van der Waals surface area contributed by atoms with Gasteiger partial charge in [-0.05, 0) is 55.8 Å². The summed E-state index contributed by atoms with van der Waals surface area (Å²) in [7, 11) is -3.47. The molecular formula is C17H28N2O3S. The standard InChI is InChI=1S/C17H28N2O3S/c1-10-14-8-12(17(14,2)3)9-15(10)19-16(20)11-4-6-13(7-5-11)23(18,21)22/h11-15H,1,4-9H2,2-3H3,(H,19,20)(H2,18,21,22)/t11?,12-,13?,14+,15?/m1/s1. The van der Waals surface area contributed by atoms with Crippen LogP contribution < -0.4 is 10.5 Å². The molecule has 0 saturated heterocycles. The van der Waals surface area contributed by atoms with E-state index in [1.807, 2.05) is 0 Å². The van der Waals surface area contributed by atoms with Gasteiger partial charge in [-0.1, -0.05) is 26.0 Å². The Balaban J connectivity index is 1.54. The molecule has 0 aromatic rings. The predicted octanol–water partition coefficient (Wildman–Crippen LogP) is 1.94. The molecule has 2 bridgehead atoms. The van der Waals surface area contributed by atoms with Crippen LogP contribution in [0, 0.1) is 23.2 Å². The van der Waals surface area contributed by atoms with Gasteiger partial charge < -0.3 is 5.32 Å². The van der Waals surface area contributed by atoms with Crippen molar-refractivity contribution < 1.29 is 13.2 Å². The fourth-order valence-electron chi connectivity index (χ4n) is 4.82. The molecule has 6 heteroatoms. The van der Waals surface area contributed by atoms with Gasteiger partial charge in [0.25, 0.3) is 0 Å². The smallest absolute Gasteiger partial charge is 0.223 e. The van der Waals surface area contributed by atoms with Crippen LogP contribution in [0.1, 0.15) is 52.4 Å². The first-order valence-electron chi connectivity index (χ1n) is 8.61. The zero-order valence-electron chi connectivity index (χ0n) is 14.0. The number of hydrogen-bond acceptors (Lipinski definition) is 3. The van der Waals surface area contributed by atoms with Crippen molar-refractivity contribution in [1.82, 2.24) is 5.32 Å². The largest absolute Gasteiger partial charge is 0.349 e. The minimum atomic E-state index is -3.47. The van der Waals surface area contributed by atoms with Crippen molar-refractivity contribution in [3.8, 4) is 0 Å². The first kappa shape index (κ1) is 17.0. The highest BCUT2D eigenvalue weighted by atomic mass is 32.2. The summed E-state index contributed by atoms with van der Waals surface area (Å²) in [6, 6.07) is 0.0928. The summed E-state index contributed by atoms with van der Waals surface area (Å²) < 4.78 is 22.8. The minimum absolute atomic E-state index is 0.0584. The third kappa shape index (κ3) is 2.95. The Kier molecular flexibility index (Phi) is 4.12. The van der Waals surface area contributed by atoms with Crippen molar-refractivity contribution in [2.24, 2.45) is 28.3 Å². The van der Waals surface area contributed by atoms with Crippen molar-refractivity contribution in [2.45, 2.75) is 63.7 Å². The maximum absolute atomic E-state index is 12.5. The average Bonchev–Trinajstić information content (AvgIpc) is 2.47. The van der Waals surface area contributed by atoms with Gasteiger partial charge in [0.05, 0.1) is 11.3 Å². The zero-order chi connectivity index (χ0) is 17.0. The molecule has 130 valence electrons. The maximum Gasteiger partial charge on any atom is 0.223 e. The molecule has 1 unspecified atom stereocenters. The van der Waals surface area contributed by atoms with Crippen LogP contribution in [0.15, 0.2) is 12.2 Å². The van der Waals surface area contributed by atoms with Gasteiger partial charge in [0, 0.05) is 5.92 Å². The number of hydrogen-bond donors (Lipinski definition) is 2. The van der Waals surface area contributed by atoms with Gasteiger partial charge in [-0.3, -0.25) is 4.79 Å². The van der Waals surface area contributed by atoms with Gasteiger partial charge in [-0.15, -0.1) is 0 Å².